The average Bonchev–Trinajstić information content (AvgIpc) is 3.07. The number of imidazole rings is 1. The van der Waals surface area contributed by atoms with E-state index in [-0.39, 0.29) is 5.56 Å². The highest BCUT2D eigenvalue weighted by atomic mass is 16.4. The number of aromatic carboxylic acids is 1. The van der Waals surface area contributed by atoms with Crippen molar-refractivity contribution in [2.75, 3.05) is 5.43 Å². The Balaban J connectivity index is 1.59. The summed E-state index contributed by atoms with van der Waals surface area (Å²) in [6.07, 6.45) is 1.67. The SMILES string of the molecule is O=C(O)c1ccc(NN=Cc2nc3ccccc3n2Cc2ccccc2)cc1. The minimum absolute atomic E-state index is 0.235. The van der Waals surface area contributed by atoms with Gasteiger partial charge in [-0.1, -0.05) is 42.5 Å². The molecule has 28 heavy (non-hydrogen) atoms. The number of carboxylic acid groups (broad SMARTS) is 1. The lowest BCUT2D eigenvalue weighted by atomic mass is 10.2. The minimum atomic E-state index is -0.954. The number of anilines is 1. The van der Waals surface area contributed by atoms with Gasteiger partial charge in [0, 0.05) is 6.54 Å². The molecular formula is C22H18N4O2. The van der Waals surface area contributed by atoms with E-state index in [1.54, 1.807) is 18.3 Å². The quantitative estimate of drug-likeness (QED) is 0.393. The highest BCUT2D eigenvalue weighted by molar-refractivity contribution is 5.88. The van der Waals surface area contributed by atoms with Crippen molar-refractivity contribution >= 4 is 28.9 Å². The molecule has 4 rings (SSSR count). The Morgan fingerprint density at radius 1 is 1.00 bits per heavy atom. The number of carboxylic acids is 1. The van der Waals surface area contributed by atoms with E-state index in [9.17, 15) is 4.79 Å². The first-order chi connectivity index (χ1) is 13.7. The molecule has 0 aliphatic carbocycles. The van der Waals surface area contributed by atoms with Crippen LogP contribution in [0, 0.1) is 0 Å². The Labute approximate surface area is 161 Å². The van der Waals surface area contributed by atoms with Gasteiger partial charge in [-0.15, -0.1) is 0 Å². The number of fused-ring (bicyclic) bond motifs is 1. The van der Waals surface area contributed by atoms with E-state index in [0.717, 1.165) is 16.9 Å². The standard InChI is InChI=1S/C22H18N4O2/c27-22(28)17-10-12-18(13-11-17)25-23-14-21-24-19-8-4-5-9-20(19)26(21)15-16-6-2-1-3-7-16/h1-14,25H,15H2,(H,27,28). The zero-order valence-electron chi connectivity index (χ0n) is 15.0. The molecule has 0 bridgehead atoms. The van der Waals surface area contributed by atoms with Gasteiger partial charge in [0.15, 0.2) is 5.82 Å². The predicted octanol–water partition coefficient (Wildman–Crippen LogP) is 4.23. The van der Waals surface area contributed by atoms with E-state index in [4.69, 9.17) is 5.11 Å². The summed E-state index contributed by atoms with van der Waals surface area (Å²) in [7, 11) is 0. The largest absolute Gasteiger partial charge is 0.478 e. The summed E-state index contributed by atoms with van der Waals surface area (Å²) < 4.78 is 2.11. The number of nitrogens with zero attached hydrogens (tertiary/aromatic N) is 3. The van der Waals surface area contributed by atoms with Crippen molar-refractivity contribution in [3.63, 3.8) is 0 Å². The third kappa shape index (κ3) is 3.76. The maximum atomic E-state index is 10.9. The van der Waals surface area contributed by atoms with Crippen LogP contribution in [-0.2, 0) is 6.54 Å². The molecular weight excluding hydrogens is 352 g/mol. The number of nitrogens with one attached hydrogen (secondary N) is 1. The molecule has 138 valence electrons. The van der Waals surface area contributed by atoms with Crippen LogP contribution in [0.2, 0.25) is 0 Å². The number of hydrogen-bond acceptors (Lipinski definition) is 4. The van der Waals surface area contributed by atoms with Gasteiger partial charge in [-0.05, 0) is 42.0 Å². The fourth-order valence-electron chi connectivity index (χ4n) is 2.98. The van der Waals surface area contributed by atoms with Crippen molar-refractivity contribution in [3.8, 4) is 0 Å². The Hall–Kier alpha value is -3.93. The van der Waals surface area contributed by atoms with E-state index in [1.165, 1.54) is 17.7 Å². The Morgan fingerprint density at radius 2 is 1.71 bits per heavy atom. The average molecular weight is 370 g/mol. The van der Waals surface area contributed by atoms with Crippen molar-refractivity contribution in [1.82, 2.24) is 9.55 Å². The number of hydrogen-bond donors (Lipinski definition) is 2. The highest BCUT2D eigenvalue weighted by Gasteiger charge is 2.09. The van der Waals surface area contributed by atoms with Gasteiger partial charge in [0.1, 0.15) is 0 Å². The molecule has 1 heterocycles. The van der Waals surface area contributed by atoms with Crippen LogP contribution in [-0.4, -0.2) is 26.8 Å². The summed E-state index contributed by atoms with van der Waals surface area (Å²) in [5, 5.41) is 13.2. The van der Waals surface area contributed by atoms with Crippen LogP contribution in [0.1, 0.15) is 21.7 Å². The van der Waals surface area contributed by atoms with Crippen LogP contribution in [0.25, 0.3) is 11.0 Å². The monoisotopic (exact) mass is 370 g/mol. The van der Waals surface area contributed by atoms with Gasteiger partial charge >= 0.3 is 5.97 Å². The summed E-state index contributed by atoms with van der Waals surface area (Å²) in [5.41, 5.74) is 6.98. The normalized spacial score (nSPS) is 11.1. The second kappa shape index (κ2) is 7.75. The van der Waals surface area contributed by atoms with Crippen LogP contribution in [0.3, 0.4) is 0 Å². The molecule has 0 spiro atoms. The molecule has 0 saturated carbocycles. The topological polar surface area (TPSA) is 79.5 Å². The highest BCUT2D eigenvalue weighted by Crippen LogP contribution is 2.17. The van der Waals surface area contributed by atoms with E-state index >= 15 is 0 Å². The summed E-state index contributed by atoms with van der Waals surface area (Å²) in [5.74, 6) is -0.218. The molecule has 0 saturated heterocycles. The zero-order chi connectivity index (χ0) is 19.3. The Bertz CT molecular complexity index is 1130. The molecule has 0 atom stereocenters. The van der Waals surface area contributed by atoms with Gasteiger partial charge in [0.2, 0.25) is 0 Å². The lowest BCUT2D eigenvalue weighted by Gasteiger charge is -2.07. The molecule has 0 fully saturated rings. The maximum Gasteiger partial charge on any atom is 0.335 e. The lowest BCUT2D eigenvalue weighted by molar-refractivity contribution is 0.0697. The summed E-state index contributed by atoms with van der Waals surface area (Å²) in [6, 6.07) is 24.6. The number of benzene rings is 3. The van der Waals surface area contributed by atoms with Gasteiger partial charge < -0.3 is 9.67 Å². The second-order valence-electron chi connectivity index (χ2n) is 6.28. The first kappa shape index (κ1) is 17.5. The van der Waals surface area contributed by atoms with Gasteiger partial charge in [-0.25, -0.2) is 9.78 Å². The van der Waals surface area contributed by atoms with E-state index < -0.39 is 5.97 Å². The van der Waals surface area contributed by atoms with E-state index in [2.05, 4.69) is 32.2 Å². The smallest absolute Gasteiger partial charge is 0.335 e. The lowest BCUT2D eigenvalue weighted by Crippen LogP contribution is -2.05. The predicted molar refractivity (Wildman–Crippen MR) is 110 cm³/mol. The molecule has 0 radical (unpaired) electrons. The molecule has 0 aliphatic heterocycles. The fraction of sp³-hybridized carbons (Fsp3) is 0.0455. The summed E-state index contributed by atoms with van der Waals surface area (Å²) >= 11 is 0. The van der Waals surface area contributed by atoms with E-state index in [1.807, 2.05) is 42.5 Å². The zero-order valence-corrected chi connectivity index (χ0v) is 15.0. The molecule has 6 heteroatoms. The van der Waals surface area contributed by atoms with Gasteiger partial charge in [-0.2, -0.15) is 5.10 Å². The number of aromatic nitrogens is 2. The van der Waals surface area contributed by atoms with Crippen molar-refractivity contribution in [1.29, 1.82) is 0 Å². The fourth-order valence-corrected chi connectivity index (χ4v) is 2.98. The van der Waals surface area contributed by atoms with Crippen molar-refractivity contribution in [3.05, 3.63) is 95.8 Å². The van der Waals surface area contributed by atoms with Crippen molar-refractivity contribution < 1.29 is 9.90 Å². The van der Waals surface area contributed by atoms with Crippen LogP contribution in [0.4, 0.5) is 5.69 Å². The van der Waals surface area contributed by atoms with Crippen molar-refractivity contribution in [2.24, 2.45) is 5.10 Å². The minimum Gasteiger partial charge on any atom is -0.478 e. The van der Waals surface area contributed by atoms with Gasteiger partial charge in [0.25, 0.3) is 0 Å². The molecule has 1 aromatic heterocycles. The van der Waals surface area contributed by atoms with Crippen LogP contribution in [0.15, 0.2) is 84.0 Å². The first-order valence-corrected chi connectivity index (χ1v) is 8.82. The van der Waals surface area contributed by atoms with Crippen LogP contribution in [0.5, 0.6) is 0 Å². The first-order valence-electron chi connectivity index (χ1n) is 8.82. The summed E-state index contributed by atoms with van der Waals surface area (Å²) in [4.78, 5) is 15.6. The number of hydrazone groups is 1. The third-order valence-electron chi connectivity index (χ3n) is 4.37. The third-order valence-corrected chi connectivity index (χ3v) is 4.37. The van der Waals surface area contributed by atoms with Gasteiger partial charge in [-0.3, -0.25) is 5.43 Å². The Morgan fingerprint density at radius 3 is 2.46 bits per heavy atom. The van der Waals surface area contributed by atoms with Crippen LogP contribution >= 0.6 is 0 Å². The molecule has 6 nitrogen and oxygen atoms in total. The maximum absolute atomic E-state index is 10.9. The van der Waals surface area contributed by atoms with Gasteiger partial charge in [0.05, 0.1) is 28.5 Å². The van der Waals surface area contributed by atoms with Crippen molar-refractivity contribution in [2.45, 2.75) is 6.54 Å². The van der Waals surface area contributed by atoms with Crippen LogP contribution < -0.4 is 5.43 Å². The summed E-state index contributed by atoms with van der Waals surface area (Å²) in [6.45, 7) is 0.690. The molecule has 0 aliphatic rings. The molecule has 0 unspecified atom stereocenters. The Kier molecular flexibility index (Phi) is 4.84. The molecule has 2 N–H and O–H groups in total. The van der Waals surface area contributed by atoms with E-state index in [0.29, 0.717) is 12.2 Å². The molecule has 4 aromatic rings. The molecule has 0 amide bonds. The number of para-hydroxylation sites is 2. The molecule has 3 aromatic carbocycles. The second-order valence-corrected chi connectivity index (χ2v) is 6.28. The number of carbonyl (C=O) groups is 1. The number of rotatable bonds is 6.